The van der Waals surface area contributed by atoms with Gasteiger partial charge in [0.25, 0.3) is 5.91 Å². The molecule has 1 atom stereocenters. The van der Waals surface area contributed by atoms with Crippen LogP contribution in [0.25, 0.3) is 0 Å². The summed E-state index contributed by atoms with van der Waals surface area (Å²) in [5.74, 6) is 0.445. The Morgan fingerprint density at radius 2 is 2.11 bits per heavy atom. The van der Waals surface area contributed by atoms with Crippen molar-refractivity contribution >= 4 is 23.3 Å². The highest BCUT2D eigenvalue weighted by Gasteiger charge is 2.38. The minimum absolute atomic E-state index is 0.0304. The standard InChI is InChI=1S/C12H15ClN2O3/c1-6-9(13)11(17)15(10(6)16)8-5-7(18-14-8)12(2,3)4/h5,10,16H,1-4H3. The van der Waals surface area contributed by atoms with Crippen molar-refractivity contribution in [2.24, 2.45) is 0 Å². The van der Waals surface area contributed by atoms with Crippen molar-refractivity contribution in [3.63, 3.8) is 0 Å². The van der Waals surface area contributed by atoms with Gasteiger partial charge >= 0.3 is 0 Å². The molecule has 2 heterocycles. The van der Waals surface area contributed by atoms with Crippen molar-refractivity contribution in [1.82, 2.24) is 5.16 Å². The van der Waals surface area contributed by atoms with Crippen molar-refractivity contribution in [3.05, 3.63) is 22.4 Å². The molecule has 18 heavy (non-hydrogen) atoms. The number of aromatic nitrogens is 1. The number of rotatable bonds is 1. The summed E-state index contributed by atoms with van der Waals surface area (Å²) >= 11 is 5.82. The van der Waals surface area contributed by atoms with Gasteiger partial charge in [-0.05, 0) is 6.92 Å². The second-order valence-electron chi connectivity index (χ2n) is 5.35. The van der Waals surface area contributed by atoms with Gasteiger partial charge in [0, 0.05) is 17.1 Å². The first-order valence-corrected chi connectivity index (χ1v) is 5.96. The van der Waals surface area contributed by atoms with Gasteiger partial charge in [0.1, 0.15) is 10.8 Å². The minimum Gasteiger partial charge on any atom is -0.369 e. The lowest BCUT2D eigenvalue weighted by atomic mass is 9.93. The zero-order valence-corrected chi connectivity index (χ0v) is 11.4. The van der Waals surface area contributed by atoms with E-state index in [0.717, 1.165) is 4.90 Å². The quantitative estimate of drug-likeness (QED) is 0.849. The molecule has 0 aliphatic carbocycles. The number of carbonyl (C=O) groups is 1. The first kappa shape index (κ1) is 13.1. The normalized spacial score (nSPS) is 21.1. The monoisotopic (exact) mass is 270 g/mol. The number of amides is 1. The van der Waals surface area contributed by atoms with Gasteiger partial charge in [0.05, 0.1) is 0 Å². The highest BCUT2D eigenvalue weighted by molar-refractivity contribution is 6.45. The molecular weight excluding hydrogens is 256 g/mol. The molecule has 1 aliphatic rings. The van der Waals surface area contributed by atoms with Gasteiger partial charge in [-0.15, -0.1) is 0 Å². The number of anilines is 1. The number of aliphatic hydroxyl groups excluding tert-OH is 1. The van der Waals surface area contributed by atoms with Crippen LogP contribution in [-0.2, 0) is 10.2 Å². The van der Waals surface area contributed by atoms with Crippen LogP contribution in [0.15, 0.2) is 21.2 Å². The summed E-state index contributed by atoms with van der Waals surface area (Å²) < 4.78 is 5.19. The zero-order chi connectivity index (χ0) is 13.7. The lowest BCUT2D eigenvalue weighted by Crippen LogP contribution is -2.35. The zero-order valence-electron chi connectivity index (χ0n) is 10.7. The predicted molar refractivity (Wildman–Crippen MR) is 67.2 cm³/mol. The lowest BCUT2D eigenvalue weighted by molar-refractivity contribution is -0.115. The van der Waals surface area contributed by atoms with E-state index in [1.54, 1.807) is 13.0 Å². The van der Waals surface area contributed by atoms with E-state index in [-0.39, 0.29) is 16.3 Å². The number of aliphatic hydroxyl groups is 1. The Morgan fingerprint density at radius 1 is 1.50 bits per heavy atom. The van der Waals surface area contributed by atoms with Crippen LogP contribution < -0.4 is 4.90 Å². The van der Waals surface area contributed by atoms with E-state index in [1.165, 1.54) is 0 Å². The Bertz CT molecular complexity index is 528. The van der Waals surface area contributed by atoms with Crippen LogP contribution in [0.3, 0.4) is 0 Å². The number of halogens is 1. The summed E-state index contributed by atoms with van der Waals surface area (Å²) in [6.07, 6.45) is -1.08. The Morgan fingerprint density at radius 3 is 2.50 bits per heavy atom. The third-order valence-corrected chi connectivity index (χ3v) is 3.33. The van der Waals surface area contributed by atoms with E-state index < -0.39 is 12.1 Å². The first-order chi connectivity index (χ1) is 8.23. The van der Waals surface area contributed by atoms with E-state index in [9.17, 15) is 9.90 Å². The molecule has 1 aliphatic heterocycles. The van der Waals surface area contributed by atoms with Gasteiger partial charge in [-0.1, -0.05) is 37.5 Å². The molecule has 0 fully saturated rings. The largest absolute Gasteiger partial charge is 0.369 e. The molecule has 5 nitrogen and oxygen atoms in total. The van der Waals surface area contributed by atoms with Gasteiger partial charge in [0.2, 0.25) is 0 Å². The first-order valence-electron chi connectivity index (χ1n) is 5.58. The van der Waals surface area contributed by atoms with Gasteiger partial charge in [0.15, 0.2) is 12.0 Å². The maximum atomic E-state index is 11.9. The second kappa shape index (κ2) is 4.10. The Hall–Kier alpha value is -1.33. The maximum absolute atomic E-state index is 11.9. The Labute approximate surface area is 110 Å². The molecule has 0 bridgehead atoms. The van der Waals surface area contributed by atoms with Crippen molar-refractivity contribution in [2.45, 2.75) is 39.3 Å². The third kappa shape index (κ3) is 1.93. The summed E-state index contributed by atoms with van der Waals surface area (Å²) in [6, 6.07) is 1.64. The smallest absolute Gasteiger partial charge is 0.273 e. The molecule has 0 radical (unpaired) electrons. The molecule has 98 valence electrons. The predicted octanol–water partition coefficient (Wildman–Crippen LogP) is 2.15. The van der Waals surface area contributed by atoms with Gasteiger partial charge in [-0.2, -0.15) is 0 Å². The Kier molecular flexibility index (Phi) is 2.99. The molecule has 0 spiro atoms. The van der Waals surface area contributed by atoms with E-state index in [2.05, 4.69) is 5.16 Å². The van der Waals surface area contributed by atoms with Crippen LogP contribution in [0.4, 0.5) is 5.82 Å². The lowest BCUT2D eigenvalue weighted by Gasteiger charge is -2.18. The second-order valence-corrected chi connectivity index (χ2v) is 5.72. The van der Waals surface area contributed by atoms with Gasteiger partial charge < -0.3 is 9.63 Å². The van der Waals surface area contributed by atoms with Crippen molar-refractivity contribution in [3.8, 4) is 0 Å². The fourth-order valence-corrected chi connectivity index (χ4v) is 1.84. The van der Waals surface area contributed by atoms with Crippen molar-refractivity contribution in [1.29, 1.82) is 0 Å². The molecular formula is C12H15ClN2O3. The van der Waals surface area contributed by atoms with Crippen LogP contribution >= 0.6 is 11.6 Å². The molecule has 1 aromatic heterocycles. The minimum atomic E-state index is -1.08. The van der Waals surface area contributed by atoms with Crippen LogP contribution in [0.5, 0.6) is 0 Å². The molecule has 2 rings (SSSR count). The van der Waals surface area contributed by atoms with E-state index in [0.29, 0.717) is 11.3 Å². The molecule has 1 unspecified atom stereocenters. The van der Waals surface area contributed by atoms with E-state index in [1.807, 2.05) is 20.8 Å². The summed E-state index contributed by atoms with van der Waals surface area (Å²) in [6.45, 7) is 7.51. The number of carbonyl (C=O) groups excluding carboxylic acids is 1. The molecule has 0 aromatic carbocycles. The van der Waals surface area contributed by atoms with Crippen molar-refractivity contribution < 1.29 is 14.4 Å². The van der Waals surface area contributed by atoms with E-state index in [4.69, 9.17) is 16.1 Å². The maximum Gasteiger partial charge on any atom is 0.273 e. The number of hydrogen-bond acceptors (Lipinski definition) is 4. The van der Waals surface area contributed by atoms with Gasteiger partial charge in [-0.3, -0.25) is 9.69 Å². The summed E-state index contributed by atoms with van der Waals surface area (Å²) in [5, 5.41) is 13.8. The summed E-state index contributed by atoms with van der Waals surface area (Å²) in [4.78, 5) is 13.0. The fraction of sp³-hybridized carbons (Fsp3) is 0.500. The average molecular weight is 271 g/mol. The van der Waals surface area contributed by atoms with Crippen LogP contribution in [0.1, 0.15) is 33.5 Å². The average Bonchev–Trinajstić information content (AvgIpc) is 2.81. The topological polar surface area (TPSA) is 66.6 Å². The van der Waals surface area contributed by atoms with Crippen molar-refractivity contribution in [2.75, 3.05) is 4.90 Å². The molecule has 1 aromatic rings. The van der Waals surface area contributed by atoms with Crippen LogP contribution in [0, 0.1) is 0 Å². The van der Waals surface area contributed by atoms with E-state index >= 15 is 0 Å². The summed E-state index contributed by atoms with van der Waals surface area (Å²) in [5.41, 5.74) is 0.201. The Balaban J connectivity index is 2.35. The fourth-order valence-electron chi connectivity index (χ4n) is 1.65. The molecule has 0 saturated heterocycles. The van der Waals surface area contributed by atoms with Crippen LogP contribution in [0.2, 0.25) is 0 Å². The highest BCUT2D eigenvalue weighted by atomic mass is 35.5. The molecule has 1 amide bonds. The SMILES string of the molecule is CC1=C(Cl)C(=O)N(c2cc(C(C)(C)C)on2)C1O. The molecule has 1 N–H and O–H groups in total. The van der Waals surface area contributed by atoms with Crippen LogP contribution in [-0.4, -0.2) is 22.4 Å². The van der Waals surface area contributed by atoms with Gasteiger partial charge in [-0.25, -0.2) is 0 Å². The molecule has 6 heteroatoms. The molecule has 0 saturated carbocycles. The third-order valence-electron chi connectivity index (χ3n) is 2.87. The number of hydrogen-bond donors (Lipinski definition) is 1. The highest BCUT2D eigenvalue weighted by Crippen LogP contribution is 2.33. The summed E-state index contributed by atoms with van der Waals surface area (Å²) in [7, 11) is 0. The number of nitrogens with zero attached hydrogens (tertiary/aromatic N) is 2.